The Bertz CT molecular complexity index is 138. The first-order valence-electron chi connectivity index (χ1n) is 2.61. The van der Waals surface area contributed by atoms with Gasteiger partial charge in [0.25, 0.3) is 0 Å². The van der Waals surface area contributed by atoms with Crippen LogP contribution in [0, 0.1) is 0 Å². The molecule has 9 heavy (non-hydrogen) atoms. The van der Waals surface area contributed by atoms with Gasteiger partial charge in [0.15, 0.2) is 0 Å². The summed E-state index contributed by atoms with van der Waals surface area (Å²) in [6.07, 6.45) is 4.38. The Labute approximate surface area is 58.7 Å². The Morgan fingerprint density at radius 1 is 1.67 bits per heavy atom. The molecule has 1 rings (SSSR count). The maximum atomic E-state index is 5.27. The van der Waals surface area contributed by atoms with E-state index in [2.05, 4.69) is 9.97 Å². The number of nitrogens with zero attached hydrogens (tertiary/aromatic N) is 1. The second kappa shape index (κ2) is 4.28. The number of H-pyrrole nitrogens is 1. The number of nitrogens with one attached hydrogen (secondary N) is 1. The van der Waals surface area contributed by atoms with E-state index >= 15 is 0 Å². The van der Waals surface area contributed by atoms with Crippen molar-refractivity contribution in [3.05, 3.63) is 18.2 Å². The third kappa shape index (κ3) is 2.43. The smallest absolute Gasteiger partial charge is 0.0923 e. The standard InChI is InChI=1S/C5H9N3.H4Si/c6-2-1-5-3-7-4-8-5;/h3-4H,1-2,6H2,(H,7,8);1H4. The average molecular weight is 143 g/mol. The van der Waals surface area contributed by atoms with Crippen LogP contribution in [0.1, 0.15) is 5.69 Å². The van der Waals surface area contributed by atoms with Crippen molar-refractivity contribution in [3.63, 3.8) is 0 Å². The zero-order valence-corrected chi connectivity index (χ0v) is 4.59. The summed E-state index contributed by atoms with van der Waals surface area (Å²) in [6.45, 7) is 0.671. The van der Waals surface area contributed by atoms with Gasteiger partial charge in [-0.1, -0.05) is 0 Å². The fourth-order valence-electron chi connectivity index (χ4n) is 0.576. The van der Waals surface area contributed by atoms with E-state index in [1.165, 1.54) is 0 Å². The fraction of sp³-hybridized carbons (Fsp3) is 0.400. The molecule has 0 saturated carbocycles. The molecule has 0 unspecified atom stereocenters. The molecule has 0 aromatic carbocycles. The summed E-state index contributed by atoms with van der Waals surface area (Å²) in [7, 11) is 0. The van der Waals surface area contributed by atoms with Crippen LogP contribution in [0.2, 0.25) is 0 Å². The molecule has 0 aliphatic carbocycles. The van der Waals surface area contributed by atoms with Crippen LogP contribution in [0.5, 0.6) is 0 Å². The van der Waals surface area contributed by atoms with Gasteiger partial charge in [-0.15, -0.1) is 0 Å². The molecule has 0 aliphatic rings. The number of imidazole rings is 1. The number of hydrogen-bond donors (Lipinski definition) is 2. The first-order valence-corrected chi connectivity index (χ1v) is 2.61. The predicted molar refractivity (Wildman–Crippen MR) is 42.7 cm³/mol. The fourth-order valence-corrected chi connectivity index (χ4v) is 0.576. The number of rotatable bonds is 2. The molecule has 0 fully saturated rings. The molecule has 1 heterocycles. The van der Waals surface area contributed by atoms with Crippen molar-refractivity contribution >= 4 is 11.0 Å². The molecule has 4 heteroatoms. The molecule has 1 aromatic rings. The molecule has 1 aromatic heterocycles. The maximum absolute atomic E-state index is 5.27. The topological polar surface area (TPSA) is 54.7 Å². The van der Waals surface area contributed by atoms with Gasteiger partial charge in [0.1, 0.15) is 0 Å². The number of aromatic nitrogens is 2. The van der Waals surface area contributed by atoms with Gasteiger partial charge >= 0.3 is 0 Å². The quantitative estimate of drug-likeness (QED) is 0.493. The largest absolute Gasteiger partial charge is 0.351 e. The SMILES string of the molecule is NCCc1c[nH]cn1.[SiH4]. The Balaban J connectivity index is 0.000000640. The van der Waals surface area contributed by atoms with Crippen LogP contribution in [0.25, 0.3) is 0 Å². The molecular weight excluding hydrogens is 130 g/mol. The average Bonchev–Trinajstić information content (AvgIpc) is 2.19. The Morgan fingerprint density at radius 2 is 2.44 bits per heavy atom. The van der Waals surface area contributed by atoms with Crippen molar-refractivity contribution in [3.8, 4) is 0 Å². The summed E-state index contributed by atoms with van der Waals surface area (Å²) in [6, 6.07) is 0. The van der Waals surface area contributed by atoms with Crippen LogP contribution in [-0.2, 0) is 6.42 Å². The van der Waals surface area contributed by atoms with E-state index in [0.29, 0.717) is 6.54 Å². The predicted octanol–water partition coefficient (Wildman–Crippen LogP) is -1.54. The highest BCUT2D eigenvalue weighted by Crippen LogP contribution is 1.88. The normalized spacial score (nSPS) is 8.56. The van der Waals surface area contributed by atoms with Gasteiger partial charge in [0.2, 0.25) is 0 Å². The molecule has 0 saturated heterocycles. The van der Waals surface area contributed by atoms with Crippen LogP contribution < -0.4 is 5.73 Å². The molecule has 0 atom stereocenters. The van der Waals surface area contributed by atoms with E-state index in [1.807, 2.05) is 6.20 Å². The van der Waals surface area contributed by atoms with Crippen LogP contribution >= 0.6 is 0 Å². The highest BCUT2D eigenvalue weighted by molar-refractivity contribution is 5.75. The third-order valence-electron chi connectivity index (χ3n) is 0.955. The molecule has 0 spiro atoms. The summed E-state index contributed by atoms with van der Waals surface area (Å²) < 4.78 is 0. The van der Waals surface area contributed by atoms with Crippen molar-refractivity contribution in [2.45, 2.75) is 6.42 Å². The zero-order valence-electron chi connectivity index (χ0n) is 4.59. The minimum Gasteiger partial charge on any atom is -0.351 e. The molecule has 0 aliphatic heterocycles. The van der Waals surface area contributed by atoms with Gasteiger partial charge in [-0.05, 0) is 17.5 Å². The highest BCUT2D eigenvalue weighted by atomic mass is 28.1. The number of aromatic amines is 1. The lowest BCUT2D eigenvalue weighted by molar-refractivity contribution is 0.935. The van der Waals surface area contributed by atoms with Crippen molar-refractivity contribution in [2.24, 2.45) is 5.73 Å². The molecule has 0 amide bonds. The summed E-state index contributed by atoms with van der Waals surface area (Å²) in [5, 5.41) is 0. The first-order chi connectivity index (χ1) is 3.93. The van der Waals surface area contributed by atoms with E-state index in [-0.39, 0.29) is 11.0 Å². The van der Waals surface area contributed by atoms with Crippen LogP contribution in [0.3, 0.4) is 0 Å². The zero-order chi connectivity index (χ0) is 5.82. The highest BCUT2D eigenvalue weighted by Gasteiger charge is 1.87. The lowest BCUT2D eigenvalue weighted by atomic mass is 10.3. The molecule has 3 N–H and O–H groups in total. The minimum atomic E-state index is 0. The van der Waals surface area contributed by atoms with E-state index in [1.54, 1.807) is 6.33 Å². The summed E-state index contributed by atoms with van der Waals surface area (Å²) in [5.74, 6) is 0. The van der Waals surface area contributed by atoms with Crippen molar-refractivity contribution in [1.29, 1.82) is 0 Å². The molecule has 3 nitrogen and oxygen atoms in total. The van der Waals surface area contributed by atoms with Gasteiger partial charge in [0.05, 0.1) is 12.0 Å². The van der Waals surface area contributed by atoms with Gasteiger partial charge in [-0.2, -0.15) is 0 Å². The summed E-state index contributed by atoms with van der Waals surface area (Å²) in [5.41, 5.74) is 6.30. The minimum absolute atomic E-state index is 0. The van der Waals surface area contributed by atoms with Gasteiger partial charge in [-0.3, -0.25) is 0 Å². The van der Waals surface area contributed by atoms with E-state index in [4.69, 9.17) is 5.73 Å². The second-order valence-electron chi connectivity index (χ2n) is 1.60. The monoisotopic (exact) mass is 143 g/mol. The lowest BCUT2D eigenvalue weighted by Crippen LogP contribution is -2.02. The first kappa shape index (κ1) is 8.39. The van der Waals surface area contributed by atoms with Gasteiger partial charge < -0.3 is 10.7 Å². The maximum Gasteiger partial charge on any atom is 0.0923 e. The Morgan fingerprint density at radius 3 is 2.89 bits per heavy atom. The van der Waals surface area contributed by atoms with Crippen molar-refractivity contribution < 1.29 is 0 Å². The summed E-state index contributed by atoms with van der Waals surface area (Å²) in [4.78, 5) is 6.82. The third-order valence-corrected chi connectivity index (χ3v) is 0.955. The van der Waals surface area contributed by atoms with E-state index in [9.17, 15) is 0 Å². The molecule has 0 bridgehead atoms. The van der Waals surface area contributed by atoms with Crippen molar-refractivity contribution in [1.82, 2.24) is 9.97 Å². The Hall–Kier alpha value is -0.613. The summed E-state index contributed by atoms with van der Waals surface area (Å²) >= 11 is 0. The van der Waals surface area contributed by atoms with Crippen molar-refractivity contribution in [2.75, 3.05) is 6.54 Å². The number of hydrogen-bond acceptors (Lipinski definition) is 2. The van der Waals surface area contributed by atoms with E-state index in [0.717, 1.165) is 12.1 Å². The van der Waals surface area contributed by atoms with Crippen LogP contribution in [-0.4, -0.2) is 27.5 Å². The molecular formula is C5H13N3Si. The Kier molecular flexibility index (Phi) is 3.99. The molecule has 52 valence electrons. The number of nitrogens with two attached hydrogens (primary N) is 1. The molecule has 0 radical (unpaired) electrons. The van der Waals surface area contributed by atoms with Gasteiger partial charge in [0, 0.05) is 12.6 Å². The van der Waals surface area contributed by atoms with E-state index < -0.39 is 0 Å². The second-order valence-corrected chi connectivity index (χ2v) is 1.60. The lowest BCUT2D eigenvalue weighted by Gasteiger charge is -1.85. The van der Waals surface area contributed by atoms with Crippen LogP contribution in [0.15, 0.2) is 12.5 Å². The van der Waals surface area contributed by atoms with Crippen LogP contribution in [0.4, 0.5) is 0 Å². The van der Waals surface area contributed by atoms with Gasteiger partial charge in [-0.25, -0.2) is 4.98 Å².